The molecule has 298 valence electrons. The summed E-state index contributed by atoms with van der Waals surface area (Å²) in [6, 6.07) is 8.86. The number of nitrogens with one attached hydrogen (secondary N) is 3. The van der Waals surface area contributed by atoms with Crippen LogP contribution in [-0.4, -0.2) is 84.5 Å². The molecule has 17 heteroatoms. The molecule has 14 nitrogen and oxygen atoms in total. The number of nitrogens with zero attached hydrogens (tertiary/aromatic N) is 2. The highest BCUT2D eigenvalue weighted by Gasteiger charge is 2.61. The summed E-state index contributed by atoms with van der Waals surface area (Å²) < 4.78 is 54.0. The summed E-state index contributed by atoms with van der Waals surface area (Å²) in [7, 11) is -4.46. The summed E-state index contributed by atoms with van der Waals surface area (Å²) in [5.41, 5.74) is -1.55. The molecule has 2 aliphatic heterocycles. The molecule has 2 aromatic rings. The van der Waals surface area contributed by atoms with E-state index in [0.29, 0.717) is 17.5 Å². The predicted octanol–water partition coefficient (Wildman–Crippen LogP) is 4.94. The summed E-state index contributed by atoms with van der Waals surface area (Å²) >= 11 is 6.14. The van der Waals surface area contributed by atoms with Crippen molar-refractivity contribution in [2.75, 3.05) is 13.1 Å². The highest BCUT2D eigenvalue weighted by molar-refractivity contribution is 7.90. The molecule has 2 heterocycles. The highest BCUT2D eigenvalue weighted by atomic mass is 35.5. The number of fused-ring (bicyclic) bond motifs is 1. The zero-order valence-corrected chi connectivity index (χ0v) is 32.8. The van der Waals surface area contributed by atoms with Crippen LogP contribution in [0.25, 0.3) is 0 Å². The third-order valence-corrected chi connectivity index (χ3v) is 11.4. The Balaban J connectivity index is 1.35. The van der Waals surface area contributed by atoms with E-state index in [2.05, 4.69) is 22.3 Å². The molecule has 5 rings (SSSR count). The first-order valence-corrected chi connectivity index (χ1v) is 20.1. The molecule has 3 N–H and O–H groups in total. The van der Waals surface area contributed by atoms with Gasteiger partial charge in [-0.15, -0.1) is 0 Å². The van der Waals surface area contributed by atoms with Crippen molar-refractivity contribution in [1.82, 2.24) is 25.2 Å². The molecule has 55 heavy (non-hydrogen) atoms. The van der Waals surface area contributed by atoms with Crippen molar-refractivity contribution in [2.45, 2.75) is 107 Å². The second-order valence-corrected chi connectivity index (χ2v) is 17.0. The van der Waals surface area contributed by atoms with Gasteiger partial charge in [0.1, 0.15) is 40.5 Å². The van der Waals surface area contributed by atoms with Gasteiger partial charge in [-0.3, -0.25) is 19.3 Å². The van der Waals surface area contributed by atoms with Crippen LogP contribution in [-0.2, 0) is 47.0 Å². The molecule has 1 saturated heterocycles. The minimum atomic E-state index is -4.46. The fourth-order valence-electron chi connectivity index (χ4n) is 6.69. The Morgan fingerprint density at radius 1 is 1.05 bits per heavy atom. The van der Waals surface area contributed by atoms with Crippen molar-refractivity contribution in [3.63, 3.8) is 0 Å². The molecule has 0 spiro atoms. The van der Waals surface area contributed by atoms with Crippen LogP contribution in [0.4, 0.5) is 14.0 Å². The minimum absolute atomic E-state index is 0.0258. The molecule has 0 bridgehead atoms. The number of ether oxygens (including phenoxy) is 2. The van der Waals surface area contributed by atoms with Gasteiger partial charge in [0.05, 0.1) is 18.1 Å². The number of alkyl carbamates (subject to hydrolysis) is 1. The van der Waals surface area contributed by atoms with Gasteiger partial charge in [0.25, 0.3) is 15.9 Å². The Morgan fingerprint density at radius 3 is 2.49 bits per heavy atom. The monoisotopic (exact) mass is 803 g/mol. The molecule has 1 aliphatic carbocycles. The molecule has 0 radical (unpaired) electrons. The molecule has 1 saturated carbocycles. The van der Waals surface area contributed by atoms with Crippen LogP contribution in [0.3, 0.4) is 0 Å². The maximum absolute atomic E-state index is 14.4. The van der Waals surface area contributed by atoms with E-state index in [9.17, 15) is 36.8 Å². The molecule has 5 amide bonds. The van der Waals surface area contributed by atoms with Gasteiger partial charge in [0, 0.05) is 24.4 Å². The van der Waals surface area contributed by atoms with E-state index >= 15 is 0 Å². The topological polar surface area (TPSA) is 181 Å². The smallest absolute Gasteiger partial charge is 0.410 e. The average Bonchev–Trinajstić information content (AvgIpc) is 3.41. The van der Waals surface area contributed by atoms with Gasteiger partial charge >= 0.3 is 12.2 Å². The number of benzene rings is 2. The standard InChI is InChI=1S/C38H47ClFN5O9S/c1-5-6-7-8-9-14-25-19-38(25,34(48)43-55(51,52)31-17-11-10-15-28(31)39)42-33(47)30-18-26(22-45(30)32(46)20-41-35(49)54-37(2,3)4)53-36(50)44-21-24-13-12-16-29(40)27(24)23-44/h9-17,25-26,30H,5-8,18-23H2,1-4H3,(H,41,49)(H,42,47)(H,43,48)/b14-9-/t25-,26-,30+,38-/m1/s1. The molecular formula is C38H47ClFN5O9S. The van der Waals surface area contributed by atoms with Gasteiger partial charge in [-0.05, 0) is 63.8 Å². The number of hydrogen-bond acceptors (Lipinski definition) is 9. The van der Waals surface area contributed by atoms with E-state index in [1.54, 1.807) is 39.0 Å². The number of amides is 5. The fourth-order valence-corrected chi connectivity index (χ4v) is 8.25. The summed E-state index contributed by atoms with van der Waals surface area (Å²) in [4.78, 5) is 69.4. The Morgan fingerprint density at radius 2 is 1.80 bits per heavy atom. The number of sulfonamides is 1. The zero-order valence-electron chi connectivity index (χ0n) is 31.2. The van der Waals surface area contributed by atoms with Gasteiger partial charge < -0.3 is 25.0 Å². The lowest BCUT2D eigenvalue weighted by Crippen LogP contribution is -2.57. The molecule has 0 unspecified atom stereocenters. The van der Waals surface area contributed by atoms with E-state index < -0.39 is 81.5 Å². The largest absolute Gasteiger partial charge is 0.444 e. The maximum Gasteiger partial charge on any atom is 0.410 e. The number of allylic oxidation sites excluding steroid dienone is 1. The van der Waals surface area contributed by atoms with Crippen LogP contribution in [0.2, 0.25) is 5.02 Å². The lowest BCUT2D eigenvalue weighted by molar-refractivity contribution is -0.139. The van der Waals surface area contributed by atoms with Crippen LogP contribution in [0.1, 0.15) is 77.3 Å². The molecule has 3 aliphatic rings. The number of rotatable bonds is 13. The highest BCUT2D eigenvalue weighted by Crippen LogP contribution is 2.46. The van der Waals surface area contributed by atoms with E-state index in [1.165, 1.54) is 35.2 Å². The SMILES string of the molecule is CCCCC/C=C\[C@@H]1C[C@]1(NC(=O)[C@@H]1C[C@@H](OC(=O)N2Cc3cccc(F)c3C2)CN1C(=O)CNC(=O)OC(C)(C)C)C(=O)NS(=O)(=O)c1ccccc1Cl. The van der Waals surface area contributed by atoms with Crippen molar-refractivity contribution in [1.29, 1.82) is 0 Å². The Kier molecular flexibility index (Phi) is 12.8. The van der Waals surface area contributed by atoms with Crippen LogP contribution >= 0.6 is 11.6 Å². The van der Waals surface area contributed by atoms with E-state index in [0.717, 1.165) is 24.2 Å². The van der Waals surface area contributed by atoms with E-state index in [4.69, 9.17) is 21.1 Å². The minimum Gasteiger partial charge on any atom is -0.444 e. The van der Waals surface area contributed by atoms with Gasteiger partial charge in [-0.2, -0.15) is 0 Å². The summed E-state index contributed by atoms with van der Waals surface area (Å²) in [5.74, 6) is -3.53. The van der Waals surface area contributed by atoms with Crippen molar-refractivity contribution in [2.24, 2.45) is 5.92 Å². The Bertz CT molecular complexity index is 1960. The molecule has 0 aromatic heterocycles. The number of carbonyl (C=O) groups is 5. The van der Waals surface area contributed by atoms with Gasteiger partial charge in [-0.25, -0.2) is 27.1 Å². The van der Waals surface area contributed by atoms with E-state index in [1.807, 2.05) is 6.08 Å². The summed E-state index contributed by atoms with van der Waals surface area (Å²) in [6.45, 7) is 6.29. The first kappa shape index (κ1) is 41.5. The first-order chi connectivity index (χ1) is 25.9. The number of carbonyl (C=O) groups excluding carboxylic acids is 5. The molecule has 4 atom stereocenters. The summed E-state index contributed by atoms with van der Waals surface area (Å²) in [5, 5.41) is 5.00. The van der Waals surface area contributed by atoms with Crippen LogP contribution in [0.15, 0.2) is 59.5 Å². The maximum atomic E-state index is 14.4. The third kappa shape index (κ3) is 10.1. The molecule has 2 aromatic carbocycles. The van der Waals surface area contributed by atoms with Crippen LogP contribution in [0, 0.1) is 11.7 Å². The number of unbranched alkanes of at least 4 members (excludes halogenated alkanes) is 3. The molecule has 2 fully saturated rings. The van der Waals surface area contributed by atoms with E-state index in [-0.39, 0.29) is 42.4 Å². The number of hydrogen-bond donors (Lipinski definition) is 3. The van der Waals surface area contributed by atoms with Crippen LogP contribution < -0.4 is 15.4 Å². The summed E-state index contributed by atoms with van der Waals surface area (Å²) in [6.07, 6.45) is 4.50. The van der Waals surface area contributed by atoms with Crippen molar-refractivity contribution >= 4 is 51.5 Å². The fraction of sp³-hybridized carbons (Fsp3) is 0.500. The normalized spacial score (nSPS) is 21.9. The number of halogens is 2. The van der Waals surface area contributed by atoms with Crippen LogP contribution in [0.5, 0.6) is 0 Å². The van der Waals surface area contributed by atoms with Crippen molar-refractivity contribution in [3.8, 4) is 0 Å². The Labute approximate surface area is 325 Å². The second-order valence-electron chi connectivity index (χ2n) is 15.0. The van der Waals surface area contributed by atoms with Crippen molar-refractivity contribution in [3.05, 3.63) is 76.6 Å². The van der Waals surface area contributed by atoms with Gasteiger partial charge in [0.2, 0.25) is 11.8 Å². The Hall–Kier alpha value is -4.70. The van der Waals surface area contributed by atoms with Gasteiger partial charge in [-0.1, -0.05) is 67.8 Å². The predicted molar refractivity (Wildman–Crippen MR) is 199 cm³/mol. The molecular weight excluding hydrogens is 757 g/mol. The average molecular weight is 804 g/mol. The quantitative estimate of drug-likeness (QED) is 0.187. The third-order valence-electron chi connectivity index (χ3n) is 9.58. The van der Waals surface area contributed by atoms with Gasteiger partial charge in [0.15, 0.2) is 0 Å². The first-order valence-electron chi connectivity index (χ1n) is 18.2. The lowest BCUT2D eigenvalue weighted by atomic mass is 10.1. The second kappa shape index (κ2) is 17.0. The van der Waals surface area contributed by atoms with Crippen molar-refractivity contribution < 1.29 is 46.3 Å². The zero-order chi connectivity index (χ0) is 40.1. The number of likely N-dealkylation sites (tertiary alicyclic amines) is 1. The lowest BCUT2D eigenvalue weighted by Gasteiger charge is -2.27.